The molecule has 0 aliphatic carbocycles. The van der Waals surface area contributed by atoms with Crippen LogP contribution in [-0.2, 0) is 106 Å². The molecule has 3 aliphatic rings. The van der Waals surface area contributed by atoms with Gasteiger partial charge in [-0.2, -0.15) is 0 Å². The first kappa shape index (κ1) is 105. The molecule has 5 aromatic rings. The number of para-hydroxylation sites is 1. The fraction of sp³-hybridized carbons (Fsp3) is 0.529. The summed E-state index contributed by atoms with van der Waals surface area (Å²) < 4.78 is 0.795. The van der Waals surface area contributed by atoms with E-state index >= 15 is 33.6 Å². The second kappa shape index (κ2) is 50.5. The number of likely N-dealkylation sites (N-methyl/N-ethyl adjacent to an activating group) is 3. The Morgan fingerprint density at radius 3 is 1.77 bits per heavy atom. The van der Waals surface area contributed by atoms with E-state index in [9.17, 15) is 68.1 Å². The maximum Gasteiger partial charge on any atom is 0.246 e. The first-order chi connectivity index (χ1) is 63.3. The van der Waals surface area contributed by atoms with E-state index in [4.69, 9.17) is 34.1 Å². The van der Waals surface area contributed by atoms with Crippen LogP contribution in [0.15, 0.2) is 84.4 Å². The van der Waals surface area contributed by atoms with Crippen molar-refractivity contribution in [1.82, 2.24) is 88.0 Å². The van der Waals surface area contributed by atoms with Crippen molar-refractivity contribution in [3.05, 3.63) is 101 Å². The Hall–Kier alpha value is -13.1. The number of H-pyrrole nitrogens is 1. The highest BCUT2D eigenvalue weighted by Gasteiger charge is 2.47. The van der Waals surface area contributed by atoms with Crippen molar-refractivity contribution in [3.63, 3.8) is 0 Å². The summed E-state index contributed by atoms with van der Waals surface area (Å²) in [6.45, 7) is 1.60. The second-order valence-corrected chi connectivity index (χ2v) is 35.1. The van der Waals surface area contributed by atoms with Gasteiger partial charge < -0.3 is 132 Å². The molecule has 8 rings (SSSR count). The van der Waals surface area contributed by atoms with Crippen LogP contribution in [0.3, 0.4) is 0 Å². The molecule has 3 saturated heterocycles. The first-order valence-corrected chi connectivity index (χ1v) is 46.0. The van der Waals surface area contributed by atoms with Crippen LogP contribution in [0.2, 0.25) is 0 Å². The molecule has 0 bridgehead atoms. The van der Waals surface area contributed by atoms with Gasteiger partial charge in [-0.3, -0.25) is 91.7 Å². The van der Waals surface area contributed by atoms with E-state index in [2.05, 4.69) is 63.5 Å². The number of benzene rings is 3. The molecule has 0 spiro atoms. The molecule has 5 heterocycles. The normalized spacial score (nSPS) is 24.9. The number of guanidine groups is 1. The number of nitrogens with two attached hydrogens (primary N) is 5. The number of thioether (sulfide) groups is 1. The molecule has 0 unspecified atom stereocenters. The molecule has 3 aliphatic heterocycles. The molecule has 724 valence electrons. The van der Waals surface area contributed by atoms with Crippen molar-refractivity contribution in [2.24, 2.45) is 28.7 Å². The zero-order chi connectivity index (χ0) is 97.6. The van der Waals surface area contributed by atoms with Gasteiger partial charge >= 0.3 is 0 Å². The molecular weight excluding hydrogens is 1770 g/mol. The number of aromatic nitrogens is 1. The highest BCUT2D eigenvalue weighted by molar-refractivity contribution is 8.00. The summed E-state index contributed by atoms with van der Waals surface area (Å²) in [6.07, 6.45) is -1.80. The number of aromatic hydroxyl groups is 1. The molecule has 44 nitrogen and oxygen atoms in total. The molecule has 0 saturated carbocycles. The average molecular weight is 1890 g/mol. The fourth-order valence-corrected chi connectivity index (χ4v) is 17.8. The zero-order valence-corrected chi connectivity index (χ0v) is 76.7. The minimum atomic E-state index is -1.92. The highest BCUT2D eigenvalue weighted by atomic mass is 32.2. The van der Waals surface area contributed by atoms with Gasteiger partial charge in [-0.15, -0.1) is 23.1 Å². The number of rotatable bonds is 26. The lowest BCUT2D eigenvalue weighted by Gasteiger charge is -2.36. The third kappa shape index (κ3) is 29.7. The number of aliphatic hydroxyl groups excluding tert-OH is 2. The molecular formula is C87H123N23O21S2. The minimum Gasteiger partial charge on any atom is -0.508 e. The van der Waals surface area contributed by atoms with Gasteiger partial charge in [0.2, 0.25) is 106 Å². The van der Waals surface area contributed by atoms with Crippen LogP contribution in [-0.4, -0.2) is 320 Å². The molecule has 2 aromatic heterocycles. The van der Waals surface area contributed by atoms with E-state index in [0.29, 0.717) is 58.7 Å². The van der Waals surface area contributed by atoms with Crippen LogP contribution in [0.5, 0.6) is 5.75 Å². The van der Waals surface area contributed by atoms with Crippen LogP contribution in [0.4, 0.5) is 0 Å². The van der Waals surface area contributed by atoms with Crippen LogP contribution in [0.1, 0.15) is 127 Å². The first-order valence-electron chi connectivity index (χ1n) is 44.0. The Balaban J connectivity index is 1.19. The number of hydrogen-bond donors (Lipinski definition) is 21. The third-order valence-electron chi connectivity index (χ3n) is 23.4. The number of nitrogens with zero attached hydrogens (tertiary/aromatic N) is 5. The number of fused-ring (bicyclic) bond motifs is 4. The molecule has 3 fully saturated rings. The van der Waals surface area contributed by atoms with Crippen molar-refractivity contribution >= 4 is 156 Å². The Kier molecular flexibility index (Phi) is 40.0. The number of primary amides is 3. The Labute approximate surface area is 775 Å². The van der Waals surface area contributed by atoms with Gasteiger partial charge in [0.1, 0.15) is 90.3 Å². The quantitative estimate of drug-likeness (QED) is 0.0140. The SMILES string of the molecule is CCCC[C@H]1C(=O)N(C)[C@@H](CCCC)C(=O)N[C@@H](CCCNC(=N)N)C(=O)N[C@H](C(=O)NCC(N)=O)CSCC(=O)N[C@@H](Cc2ccc(O)cc2)C(=O)N(C)[C@@H](C)C(=O)N[C@@H](CC(N)=O)C(=O)N2CCC[C@H]2C(=O)N[C@@H](CN)C(=O)N[C@@H](CCC(N)=O)C(=O)N2C[C@H](O)C[C@H]2C(=O)N[C@@H](Cc2c[nH]c3ccccc23)C(=O)N[C@@H](CO)C(=O)N[C@@H](Cc2csc3ccccc23)C(=O)N1C. The standard InChI is InChI=1S/C87H123N23O21S2/c1-7-9-21-64-79(124)98-55(20-15-31-94-87(92)93)75(120)105-63(74(119)96-40-71(91)116)44-132-45-72(117)97-58(33-47-25-27-50(112)28-26-47)82(127)106(4)46(3)73(118)101-60(37-70(90)115)85(130)109-32-16-23-65(109)80(125)103-61(38-88)77(122)99-56(29-30-69(89)114)84(129)110-41-51(113)36-67(110)81(126)100-57(34-48-39-95-54-19-13-11-17-52(48)54)76(121)104-62(42-111)78(123)102-59(35-49-43-133-68-24-14-12-18-53(49)68)83(128)108(6)66(22-10-8-2)86(131)107(64)5/h11-14,17-19,24-28,39,43,46,51,55-67,95,111-113H,7-10,15-16,20-23,29-38,40-42,44-45,88H2,1-6H3,(H2,89,114)(H2,90,115)(H2,91,116)(H,96,119)(H,97,117)(H,98,124)(H,99,122)(H,100,126)(H,101,118)(H,102,123)(H,103,125)(H,104,121)(H,105,120)(H4,92,93,94)/t46-,51+,55-,56-,57-,58-,59-,60-,61-,62-,63-,64-,65-,66-,67-/m0/s1. The van der Waals surface area contributed by atoms with Crippen molar-refractivity contribution in [2.75, 3.05) is 72.0 Å². The third-order valence-corrected chi connectivity index (χ3v) is 25.5. The average Bonchev–Trinajstić information content (AvgIpc) is 1.56. The summed E-state index contributed by atoms with van der Waals surface area (Å²) in [7, 11) is 3.86. The van der Waals surface area contributed by atoms with Crippen LogP contribution >= 0.6 is 23.1 Å². The Morgan fingerprint density at radius 2 is 1.11 bits per heavy atom. The number of carbonyl (C=O) groups is 18. The van der Waals surface area contributed by atoms with Crippen LogP contribution in [0, 0.1) is 5.41 Å². The van der Waals surface area contributed by atoms with E-state index in [1.54, 1.807) is 54.0 Å². The Morgan fingerprint density at radius 1 is 0.541 bits per heavy atom. The van der Waals surface area contributed by atoms with Gasteiger partial charge in [0.05, 0.1) is 31.4 Å². The minimum absolute atomic E-state index is 0.0200. The predicted octanol–water partition coefficient (Wildman–Crippen LogP) is -4.98. The maximum atomic E-state index is 15.7. The summed E-state index contributed by atoms with van der Waals surface area (Å²) >= 11 is 2.08. The topological polar surface area (TPSA) is 686 Å². The molecule has 26 N–H and O–H groups in total. The van der Waals surface area contributed by atoms with Crippen LogP contribution in [0.25, 0.3) is 21.0 Å². The molecule has 15 atom stereocenters. The summed E-state index contributed by atoms with van der Waals surface area (Å²) in [5, 5.41) is 71.9. The van der Waals surface area contributed by atoms with Gasteiger partial charge in [0.15, 0.2) is 5.96 Å². The number of nitrogens with one attached hydrogen (secondary N) is 13. The second-order valence-electron chi connectivity index (χ2n) is 33.2. The van der Waals surface area contributed by atoms with E-state index in [0.717, 1.165) is 41.0 Å². The summed E-state index contributed by atoms with van der Waals surface area (Å²) in [4.78, 5) is 269. The summed E-state index contributed by atoms with van der Waals surface area (Å²) in [5.74, 6) is -19.5. The van der Waals surface area contributed by atoms with Gasteiger partial charge in [-0.1, -0.05) is 88.1 Å². The molecule has 46 heteroatoms. The van der Waals surface area contributed by atoms with Crippen molar-refractivity contribution in [2.45, 2.75) is 221 Å². The number of hydrogen-bond acceptors (Lipinski definition) is 25. The number of unbranched alkanes of at least 4 members (excludes halogenated alkanes) is 2. The highest BCUT2D eigenvalue weighted by Crippen LogP contribution is 2.30. The summed E-state index contributed by atoms with van der Waals surface area (Å²) in [6, 6.07) is -3.08. The molecule has 133 heavy (non-hydrogen) atoms. The van der Waals surface area contributed by atoms with E-state index in [-0.39, 0.29) is 76.6 Å². The predicted molar refractivity (Wildman–Crippen MR) is 489 cm³/mol. The zero-order valence-electron chi connectivity index (χ0n) is 75.1. The molecule has 0 radical (unpaired) electrons. The van der Waals surface area contributed by atoms with Crippen LogP contribution < -0.4 is 87.2 Å². The van der Waals surface area contributed by atoms with E-state index in [1.165, 1.54) is 63.7 Å². The lowest BCUT2D eigenvalue weighted by Crippen LogP contribution is -2.62. The van der Waals surface area contributed by atoms with E-state index in [1.807, 2.05) is 19.9 Å². The smallest absolute Gasteiger partial charge is 0.246 e. The fourth-order valence-electron chi connectivity index (χ4n) is 15.9. The lowest BCUT2D eigenvalue weighted by atomic mass is 10.00. The number of aromatic amines is 1. The largest absolute Gasteiger partial charge is 0.508 e. The van der Waals surface area contributed by atoms with Gasteiger partial charge in [-0.25, -0.2) is 0 Å². The Bertz CT molecular complexity index is 5040. The van der Waals surface area contributed by atoms with Gasteiger partial charge in [-0.05, 0) is 104 Å². The number of phenolic OH excluding ortho intramolecular Hbond substituents is 1. The van der Waals surface area contributed by atoms with Crippen molar-refractivity contribution in [1.29, 1.82) is 5.41 Å². The monoisotopic (exact) mass is 1890 g/mol. The number of aliphatic hydroxyl groups is 2. The molecule has 3 aromatic carbocycles. The maximum absolute atomic E-state index is 15.7. The van der Waals surface area contributed by atoms with Crippen molar-refractivity contribution in [3.8, 4) is 5.75 Å². The number of carbonyl (C=O) groups excluding carboxylic acids is 18. The number of phenols is 1. The van der Waals surface area contributed by atoms with Gasteiger partial charge in [0.25, 0.3) is 0 Å². The number of amides is 18. The molecule has 18 amide bonds. The lowest BCUT2D eigenvalue weighted by molar-refractivity contribution is -0.149. The number of thiophene rings is 1. The van der Waals surface area contributed by atoms with Gasteiger partial charge in [0, 0.05) is 107 Å². The summed E-state index contributed by atoms with van der Waals surface area (Å²) in [5.41, 5.74) is 30.4. The van der Waals surface area contributed by atoms with E-state index < -0.39 is 266 Å². The van der Waals surface area contributed by atoms with Crippen molar-refractivity contribution < 1.29 is 102 Å².